The summed E-state index contributed by atoms with van der Waals surface area (Å²) in [6.45, 7) is 2.26. The lowest BCUT2D eigenvalue weighted by Gasteiger charge is -2.02. The van der Waals surface area contributed by atoms with Crippen molar-refractivity contribution in [2.24, 2.45) is 0 Å². The summed E-state index contributed by atoms with van der Waals surface area (Å²) in [7, 11) is 0. The first-order chi connectivity index (χ1) is 11.9. The van der Waals surface area contributed by atoms with Gasteiger partial charge < -0.3 is 0 Å². The van der Waals surface area contributed by atoms with Crippen LogP contribution in [0.5, 0.6) is 0 Å². The zero-order valence-electron chi connectivity index (χ0n) is 15.9. The van der Waals surface area contributed by atoms with Gasteiger partial charge in [0.15, 0.2) is 0 Å². The molecule has 0 heteroatoms. The standard InChI is InChI=1S/C24H38/c1-2-3-4-5-6-7-8-9-10-11-12-13-14-15-16-18-21-24-22-19-17-20-23-24/h6-7,9-10,17,19-20,22-23H,2-5,8,11-16,18,21H2,1H3/b7-6-,10-9-. The normalized spacial score (nSPS) is 11.7. The molecular weight excluding hydrogens is 288 g/mol. The Labute approximate surface area is 151 Å². The van der Waals surface area contributed by atoms with E-state index in [4.69, 9.17) is 0 Å². The third-order valence-electron chi connectivity index (χ3n) is 4.51. The van der Waals surface area contributed by atoms with Crippen LogP contribution in [0.25, 0.3) is 0 Å². The fourth-order valence-electron chi connectivity index (χ4n) is 2.96. The summed E-state index contributed by atoms with van der Waals surface area (Å²) in [6, 6.07) is 10.9. The smallest absolute Gasteiger partial charge is 0.0169 e. The minimum Gasteiger partial charge on any atom is -0.0882 e. The van der Waals surface area contributed by atoms with Gasteiger partial charge >= 0.3 is 0 Å². The van der Waals surface area contributed by atoms with E-state index in [-0.39, 0.29) is 0 Å². The predicted octanol–water partition coefficient (Wildman–Crippen LogP) is 8.04. The molecule has 0 aliphatic heterocycles. The molecule has 0 fully saturated rings. The van der Waals surface area contributed by atoms with Gasteiger partial charge in [-0.05, 0) is 50.5 Å². The van der Waals surface area contributed by atoms with E-state index in [0.29, 0.717) is 0 Å². The van der Waals surface area contributed by atoms with Crippen LogP contribution in [0.3, 0.4) is 0 Å². The van der Waals surface area contributed by atoms with E-state index >= 15 is 0 Å². The average molecular weight is 327 g/mol. The molecule has 1 aromatic carbocycles. The molecule has 0 N–H and O–H groups in total. The zero-order valence-corrected chi connectivity index (χ0v) is 15.9. The van der Waals surface area contributed by atoms with Crippen LogP contribution < -0.4 is 0 Å². The number of benzene rings is 1. The highest BCUT2D eigenvalue weighted by molar-refractivity contribution is 5.14. The van der Waals surface area contributed by atoms with Crippen molar-refractivity contribution in [2.75, 3.05) is 0 Å². The van der Waals surface area contributed by atoms with Crippen LogP contribution in [0.4, 0.5) is 0 Å². The molecule has 0 bridgehead atoms. The molecule has 0 unspecified atom stereocenters. The molecule has 1 aromatic rings. The van der Waals surface area contributed by atoms with Crippen molar-refractivity contribution in [3.8, 4) is 0 Å². The van der Waals surface area contributed by atoms with E-state index in [1.807, 2.05) is 0 Å². The average Bonchev–Trinajstić information content (AvgIpc) is 2.62. The Morgan fingerprint density at radius 1 is 0.625 bits per heavy atom. The van der Waals surface area contributed by atoms with Gasteiger partial charge in [-0.2, -0.15) is 0 Å². The molecule has 0 saturated carbocycles. The minimum absolute atomic E-state index is 1.12. The molecule has 0 heterocycles. The molecule has 0 aliphatic carbocycles. The van der Waals surface area contributed by atoms with E-state index < -0.39 is 0 Å². The Morgan fingerprint density at radius 2 is 1.21 bits per heavy atom. The van der Waals surface area contributed by atoms with E-state index in [1.54, 1.807) is 0 Å². The summed E-state index contributed by atoms with van der Waals surface area (Å²) in [5.74, 6) is 0. The van der Waals surface area contributed by atoms with Crippen LogP contribution in [-0.4, -0.2) is 0 Å². The van der Waals surface area contributed by atoms with Crippen molar-refractivity contribution in [2.45, 2.75) is 90.4 Å². The summed E-state index contributed by atoms with van der Waals surface area (Å²) in [6.07, 6.45) is 26.5. The second-order valence-electron chi connectivity index (χ2n) is 6.82. The quantitative estimate of drug-likeness (QED) is 0.226. The monoisotopic (exact) mass is 326 g/mol. The maximum absolute atomic E-state index is 2.37. The molecule has 0 nitrogen and oxygen atoms in total. The summed E-state index contributed by atoms with van der Waals surface area (Å²) >= 11 is 0. The van der Waals surface area contributed by atoms with E-state index in [0.717, 1.165) is 6.42 Å². The Kier molecular flexibility index (Phi) is 14.3. The zero-order chi connectivity index (χ0) is 17.1. The maximum atomic E-state index is 2.37. The first-order valence-corrected chi connectivity index (χ1v) is 10.3. The van der Waals surface area contributed by atoms with Gasteiger partial charge in [0, 0.05) is 0 Å². The largest absolute Gasteiger partial charge is 0.0882 e. The Bertz CT molecular complexity index is 413. The number of allylic oxidation sites excluding steroid dienone is 4. The Balaban J connectivity index is 1.81. The van der Waals surface area contributed by atoms with Gasteiger partial charge in [0.05, 0.1) is 0 Å². The van der Waals surface area contributed by atoms with Gasteiger partial charge in [0.2, 0.25) is 0 Å². The lowest BCUT2D eigenvalue weighted by molar-refractivity contribution is 0.597. The Hall–Kier alpha value is -1.30. The van der Waals surface area contributed by atoms with Crippen LogP contribution in [0, 0.1) is 0 Å². The van der Waals surface area contributed by atoms with Gasteiger partial charge in [-0.1, -0.05) is 100 Å². The first-order valence-electron chi connectivity index (χ1n) is 10.3. The highest BCUT2D eigenvalue weighted by atomic mass is 14.0. The summed E-state index contributed by atoms with van der Waals surface area (Å²) in [5.41, 5.74) is 1.49. The van der Waals surface area contributed by atoms with Crippen molar-refractivity contribution in [1.82, 2.24) is 0 Å². The van der Waals surface area contributed by atoms with Gasteiger partial charge in [-0.3, -0.25) is 0 Å². The number of aryl methyl sites for hydroxylation is 1. The van der Waals surface area contributed by atoms with Crippen LogP contribution >= 0.6 is 0 Å². The second kappa shape index (κ2) is 16.6. The molecule has 1 rings (SSSR count). The van der Waals surface area contributed by atoms with E-state index in [1.165, 1.54) is 82.6 Å². The van der Waals surface area contributed by atoms with E-state index in [2.05, 4.69) is 61.6 Å². The molecule has 0 saturated heterocycles. The van der Waals surface area contributed by atoms with Crippen LogP contribution in [0.15, 0.2) is 54.6 Å². The van der Waals surface area contributed by atoms with Crippen molar-refractivity contribution in [1.29, 1.82) is 0 Å². The fourth-order valence-corrected chi connectivity index (χ4v) is 2.96. The van der Waals surface area contributed by atoms with Gasteiger partial charge in [-0.25, -0.2) is 0 Å². The highest BCUT2D eigenvalue weighted by Crippen LogP contribution is 2.11. The first kappa shape index (κ1) is 20.7. The van der Waals surface area contributed by atoms with Gasteiger partial charge in [-0.15, -0.1) is 0 Å². The third kappa shape index (κ3) is 13.2. The number of rotatable bonds is 15. The number of hydrogen-bond acceptors (Lipinski definition) is 0. The molecule has 0 atom stereocenters. The minimum atomic E-state index is 1.12. The highest BCUT2D eigenvalue weighted by Gasteiger charge is 1.93. The molecular formula is C24H38. The van der Waals surface area contributed by atoms with Crippen LogP contribution in [0.1, 0.15) is 89.5 Å². The molecule has 134 valence electrons. The topological polar surface area (TPSA) is 0 Å². The van der Waals surface area contributed by atoms with Gasteiger partial charge in [0.25, 0.3) is 0 Å². The fraction of sp³-hybridized carbons (Fsp3) is 0.583. The summed E-state index contributed by atoms with van der Waals surface area (Å²) in [5, 5.41) is 0. The molecule has 0 aromatic heterocycles. The van der Waals surface area contributed by atoms with Crippen molar-refractivity contribution < 1.29 is 0 Å². The molecule has 0 aliphatic rings. The van der Waals surface area contributed by atoms with Gasteiger partial charge in [0.1, 0.15) is 0 Å². The van der Waals surface area contributed by atoms with Crippen LogP contribution in [-0.2, 0) is 6.42 Å². The lowest BCUT2D eigenvalue weighted by Crippen LogP contribution is -1.85. The number of unbranched alkanes of at least 4 members (excludes halogenated alkanes) is 9. The lowest BCUT2D eigenvalue weighted by atomic mass is 10.0. The molecule has 24 heavy (non-hydrogen) atoms. The molecule has 0 radical (unpaired) electrons. The van der Waals surface area contributed by atoms with Crippen LogP contribution in [0.2, 0.25) is 0 Å². The summed E-state index contributed by atoms with van der Waals surface area (Å²) < 4.78 is 0. The SMILES string of the molecule is CCCCC/C=C\C/C=C\CCCCCCCCc1ccccc1. The third-order valence-corrected chi connectivity index (χ3v) is 4.51. The van der Waals surface area contributed by atoms with Crippen molar-refractivity contribution >= 4 is 0 Å². The van der Waals surface area contributed by atoms with Crippen molar-refractivity contribution in [3.05, 3.63) is 60.2 Å². The number of hydrogen-bond donors (Lipinski definition) is 0. The summed E-state index contributed by atoms with van der Waals surface area (Å²) in [4.78, 5) is 0. The Morgan fingerprint density at radius 3 is 1.88 bits per heavy atom. The predicted molar refractivity (Wildman–Crippen MR) is 110 cm³/mol. The molecule has 0 spiro atoms. The molecule has 0 amide bonds. The van der Waals surface area contributed by atoms with E-state index in [9.17, 15) is 0 Å². The van der Waals surface area contributed by atoms with Crippen molar-refractivity contribution in [3.63, 3.8) is 0 Å². The maximum Gasteiger partial charge on any atom is -0.0169 e. The second-order valence-corrected chi connectivity index (χ2v) is 6.82.